The molecule has 0 aliphatic heterocycles. The van der Waals surface area contributed by atoms with Crippen LogP contribution in [0.5, 0.6) is 0 Å². The number of hydrogen-bond acceptors (Lipinski definition) is 4. The van der Waals surface area contributed by atoms with Crippen molar-refractivity contribution in [3.8, 4) is 0 Å². The molecule has 0 saturated heterocycles. The van der Waals surface area contributed by atoms with E-state index >= 15 is 0 Å². The van der Waals surface area contributed by atoms with Gasteiger partial charge in [0.1, 0.15) is 0 Å². The molecule has 0 N–H and O–H groups in total. The molecule has 0 spiro atoms. The SMILES string of the molecule is O=C([O-])C(=O)[O-].[F-].[K+].[K+].[Na+]. The van der Waals surface area contributed by atoms with Crippen molar-refractivity contribution in [1.29, 1.82) is 0 Å². The Morgan fingerprint density at radius 3 is 1.00 bits per heavy atom. The second-order valence-electron chi connectivity index (χ2n) is 0.575. The minimum absolute atomic E-state index is 0. The molecule has 0 bridgehead atoms. The van der Waals surface area contributed by atoms with E-state index in [2.05, 4.69) is 0 Å². The third-order valence-electron chi connectivity index (χ3n) is 0.167. The summed E-state index contributed by atoms with van der Waals surface area (Å²) in [6.45, 7) is 0. The minimum atomic E-state index is -2.19. The smallest absolute Gasteiger partial charge is 1.00 e. The van der Waals surface area contributed by atoms with Gasteiger partial charge < -0.3 is 24.5 Å². The molecule has 0 aliphatic rings. The molecule has 0 aromatic rings. The fraction of sp³-hybridized carbons (Fsp3) is 0. The van der Waals surface area contributed by atoms with Gasteiger partial charge in [0.2, 0.25) is 0 Å². The molecular weight excluding hydrogens is 208 g/mol. The molecule has 0 unspecified atom stereocenters. The molecule has 0 atom stereocenters. The molecule has 0 saturated carbocycles. The van der Waals surface area contributed by atoms with Crippen molar-refractivity contribution in [3.63, 3.8) is 0 Å². The molecule has 0 aromatic heterocycles. The van der Waals surface area contributed by atoms with E-state index in [1.54, 1.807) is 0 Å². The second-order valence-corrected chi connectivity index (χ2v) is 0.575. The molecular formula is C2FK2NaO4. The predicted octanol–water partition coefficient (Wildman–Crippen LogP) is -15.5. The first-order valence-electron chi connectivity index (χ1n) is 1.07. The van der Waals surface area contributed by atoms with Gasteiger partial charge in [-0.1, -0.05) is 0 Å². The summed E-state index contributed by atoms with van der Waals surface area (Å²) in [4.78, 5) is 17.9. The molecule has 42 valence electrons. The first kappa shape index (κ1) is 29.2. The van der Waals surface area contributed by atoms with Gasteiger partial charge in [-0.3, -0.25) is 0 Å². The summed E-state index contributed by atoms with van der Waals surface area (Å²) >= 11 is 0. The van der Waals surface area contributed by atoms with Gasteiger partial charge in [-0.25, -0.2) is 0 Å². The van der Waals surface area contributed by atoms with E-state index in [9.17, 15) is 0 Å². The molecule has 0 aromatic carbocycles. The maximum Gasteiger partial charge on any atom is 1.00 e. The van der Waals surface area contributed by atoms with E-state index in [1.807, 2.05) is 0 Å². The van der Waals surface area contributed by atoms with Crippen molar-refractivity contribution in [2.24, 2.45) is 0 Å². The standard InChI is InChI=1S/C2H2O4.FH.2K.Na/c3-1(4)2(5)6;;;;/h(H,3,4)(H,5,6);1H;;;/q;;3*+1/p-3. The van der Waals surface area contributed by atoms with Crippen LogP contribution in [0.15, 0.2) is 0 Å². The average molecular weight is 208 g/mol. The first-order chi connectivity index (χ1) is 2.64. The van der Waals surface area contributed by atoms with Gasteiger partial charge in [-0.15, -0.1) is 0 Å². The van der Waals surface area contributed by atoms with Crippen molar-refractivity contribution in [2.45, 2.75) is 0 Å². The van der Waals surface area contributed by atoms with E-state index in [-0.39, 0.29) is 137 Å². The fourth-order valence-corrected chi connectivity index (χ4v) is 0. The summed E-state index contributed by atoms with van der Waals surface area (Å²) < 4.78 is 0. The number of carboxylic acid groups (broad SMARTS) is 2. The monoisotopic (exact) mass is 208 g/mol. The number of carbonyl (C=O) groups is 2. The quantitative estimate of drug-likeness (QED) is 0.292. The number of halogens is 1. The summed E-state index contributed by atoms with van der Waals surface area (Å²) in [6, 6.07) is 0. The van der Waals surface area contributed by atoms with E-state index < -0.39 is 11.9 Å². The fourth-order valence-electron chi connectivity index (χ4n) is 0. The molecule has 0 radical (unpaired) electrons. The van der Waals surface area contributed by atoms with E-state index in [1.165, 1.54) is 0 Å². The molecule has 4 nitrogen and oxygen atoms in total. The number of rotatable bonds is 0. The van der Waals surface area contributed by atoms with Gasteiger partial charge >= 0.3 is 132 Å². The normalized spacial score (nSPS) is 4.40. The number of carboxylic acids is 2. The zero-order valence-corrected chi connectivity index (χ0v) is 14.3. The second kappa shape index (κ2) is 18.0. The zero-order chi connectivity index (χ0) is 5.15. The number of aliphatic carboxylic acids is 2. The molecule has 0 rings (SSSR count). The van der Waals surface area contributed by atoms with Crippen LogP contribution in [0.2, 0.25) is 0 Å². The Hall–Kier alpha value is 3.14. The Morgan fingerprint density at radius 2 is 1.00 bits per heavy atom. The van der Waals surface area contributed by atoms with Crippen molar-refractivity contribution < 1.29 is 157 Å². The Balaban J connectivity index is -0.0000000208. The predicted molar refractivity (Wildman–Crippen MR) is 10.0 cm³/mol. The van der Waals surface area contributed by atoms with Gasteiger partial charge in [0, 0.05) is 0 Å². The maximum atomic E-state index is 8.93. The van der Waals surface area contributed by atoms with Crippen LogP contribution >= 0.6 is 0 Å². The maximum absolute atomic E-state index is 8.93. The van der Waals surface area contributed by atoms with E-state index in [0.29, 0.717) is 0 Å². The Kier molecular flexibility index (Phi) is 52.7. The molecule has 8 heteroatoms. The molecule has 0 fully saturated rings. The van der Waals surface area contributed by atoms with Crippen LogP contribution in [0.1, 0.15) is 0 Å². The first-order valence-corrected chi connectivity index (χ1v) is 1.07. The average Bonchev–Trinajstić information content (AvgIpc) is 1.36. The van der Waals surface area contributed by atoms with Crippen LogP contribution in [-0.2, 0) is 9.59 Å². The summed E-state index contributed by atoms with van der Waals surface area (Å²) in [6.07, 6.45) is 0. The zero-order valence-electron chi connectivity index (χ0n) is 6.01. The summed E-state index contributed by atoms with van der Waals surface area (Å²) in [7, 11) is 0. The largest absolute Gasteiger partial charge is 1.00 e. The minimum Gasteiger partial charge on any atom is -1.00 e. The van der Waals surface area contributed by atoms with Crippen LogP contribution in [-0.4, -0.2) is 11.9 Å². The van der Waals surface area contributed by atoms with Crippen molar-refractivity contribution >= 4 is 11.9 Å². The van der Waals surface area contributed by atoms with Gasteiger partial charge in [0.25, 0.3) is 0 Å². The molecule has 0 heterocycles. The van der Waals surface area contributed by atoms with Gasteiger partial charge in [-0.2, -0.15) is 0 Å². The van der Waals surface area contributed by atoms with Crippen LogP contribution in [0.3, 0.4) is 0 Å². The van der Waals surface area contributed by atoms with Crippen LogP contribution < -0.4 is 147 Å². The van der Waals surface area contributed by atoms with Gasteiger partial charge in [0.15, 0.2) is 0 Å². The molecule has 10 heavy (non-hydrogen) atoms. The van der Waals surface area contributed by atoms with Crippen LogP contribution in [0.4, 0.5) is 0 Å². The Bertz CT molecular complexity index is 87.3. The van der Waals surface area contributed by atoms with E-state index in [0.717, 1.165) is 0 Å². The Morgan fingerprint density at radius 1 is 0.900 bits per heavy atom. The van der Waals surface area contributed by atoms with Crippen LogP contribution in [0, 0.1) is 0 Å². The third kappa shape index (κ3) is 22.5. The van der Waals surface area contributed by atoms with Crippen molar-refractivity contribution in [1.82, 2.24) is 0 Å². The third-order valence-corrected chi connectivity index (χ3v) is 0.167. The van der Waals surface area contributed by atoms with Gasteiger partial charge in [0.05, 0.1) is 11.9 Å². The van der Waals surface area contributed by atoms with Crippen molar-refractivity contribution in [2.75, 3.05) is 0 Å². The topological polar surface area (TPSA) is 80.3 Å². The van der Waals surface area contributed by atoms with E-state index in [4.69, 9.17) is 19.8 Å². The summed E-state index contributed by atoms with van der Waals surface area (Å²) in [5.41, 5.74) is 0. The van der Waals surface area contributed by atoms with Gasteiger partial charge in [-0.05, 0) is 0 Å². The summed E-state index contributed by atoms with van der Waals surface area (Å²) in [5, 5.41) is 17.9. The number of carbonyl (C=O) groups excluding carboxylic acids is 2. The molecule has 0 aliphatic carbocycles. The van der Waals surface area contributed by atoms with Crippen LogP contribution in [0.25, 0.3) is 0 Å². The molecule has 0 amide bonds. The summed E-state index contributed by atoms with van der Waals surface area (Å²) in [5.74, 6) is -4.37. The van der Waals surface area contributed by atoms with Crippen molar-refractivity contribution in [3.05, 3.63) is 0 Å². The Labute approximate surface area is 164 Å². The number of hydrogen-bond donors (Lipinski definition) is 0.